The number of allylic oxidation sites excluding steroid dienone is 1. The summed E-state index contributed by atoms with van der Waals surface area (Å²) >= 11 is 0. The molecule has 0 spiro atoms. The van der Waals surface area contributed by atoms with Crippen molar-refractivity contribution < 1.29 is 49.4 Å². The second-order valence-corrected chi connectivity index (χ2v) is 2.69. The van der Waals surface area contributed by atoms with Crippen molar-refractivity contribution in [2.45, 2.75) is 18.1 Å². The third-order valence-electron chi connectivity index (χ3n) is 1.55. The van der Waals surface area contributed by atoms with Crippen LogP contribution < -0.4 is 0 Å². The van der Waals surface area contributed by atoms with E-state index in [0.717, 1.165) is 0 Å². The fraction of sp³-hybridized carbons (Fsp3) is 0.500. The lowest BCUT2D eigenvalue weighted by atomic mass is 10.3. The van der Waals surface area contributed by atoms with Crippen LogP contribution in [0.2, 0.25) is 0 Å². The third-order valence-corrected chi connectivity index (χ3v) is 1.55. The van der Waals surface area contributed by atoms with Gasteiger partial charge in [-0.3, -0.25) is 4.79 Å². The lowest BCUT2D eigenvalue weighted by Crippen LogP contribution is -2.52. The standard InChI is InChI=1S/C6F8O3/c7-2-1(5(9,10)11)16-4(17-2,3(8)15)6(12,13)14. The fourth-order valence-corrected chi connectivity index (χ4v) is 0.854. The van der Waals surface area contributed by atoms with Gasteiger partial charge in [-0.15, -0.1) is 0 Å². The number of ether oxygens (including phenoxy) is 2. The van der Waals surface area contributed by atoms with E-state index in [1.54, 1.807) is 0 Å². The van der Waals surface area contributed by atoms with Gasteiger partial charge in [-0.05, 0) is 0 Å². The highest BCUT2D eigenvalue weighted by Crippen LogP contribution is 2.48. The predicted octanol–water partition coefficient (Wildman–Crippen LogP) is 2.49. The molecule has 0 radical (unpaired) electrons. The topological polar surface area (TPSA) is 35.5 Å². The molecule has 1 unspecified atom stereocenters. The van der Waals surface area contributed by atoms with Gasteiger partial charge in [0.2, 0.25) is 0 Å². The van der Waals surface area contributed by atoms with Gasteiger partial charge in [0.1, 0.15) is 0 Å². The summed E-state index contributed by atoms with van der Waals surface area (Å²) < 4.78 is 103. The van der Waals surface area contributed by atoms with Crippen molar-refractivity contribution >= 4 is 6.04 Å². The number of halogens is 8. The molecule has 0 amide bonds. The Bertz CT molecular complexity index is 380. The second kappa shape index (κ2) is 3.47. The molecular weight excluding hydrogens is 272 g/mol. The minimum atomic E-state index is -6.02. The number of alkyl halides is 6. The summed E-state index contributed by atoms with van der Waals surface area (Å²) in [6, 6.07) is -6.33. The van der Waals surface area contributed by atoms with Crippen LogP contribution in [-0.2, 0) is 14.3 Å². The van der Waals surface area contributed by atoms with Crippen LogP contribution in [0.4, 0.5) is 35.1 Å². The number of hydrogen-bond donors (Lipinski definition) is 0. The van der Waals surface area contributed by atoms with Gasteiger partial charge in [0.15, 0.2) is 0 Å². The Kier molecular flexibility index (Phi) is 2.76. The number of carbonyl (C=O) groups excluding carboxylic acids is 1. The minimum absolute atomic E-state index is 2.86. The Morgan fingerprint density at radius 2 is 1.53 bits per heavy atom. The molecule has 98 valence electrons. The molecule has 11 heteroatoms. The predicted molar refractivity (Wildman–Crippen MR) is 31.3 cm³/mol. The third kappa shape index (κ3) is 2.00. The molecule has 1 heterocycles. The van der Waals surface area contributed by atoms with Gasteiger partial charge in [0.25, 0.3) is 5.76 Å². The lowest BCUT2D eigenvalue weighted by molar-refractivity contribution is -0.334. The molecule has 0 aromatic carbocycles. The van der Waals surface area contributed by atoms with Crippen molar-refractivity contribution in [3.8, 4) is 0 Å². The molecule has 0 fully saturated rings. The molecule has 0 aromatic rings. The van der Waals surface area contributed by atoms with Crippen LogP contribution in [0.25, 0.3) is 0 Å². The smallest absolute Gasteiger partial charge is 0.426 e. The second-order valence-electron chi connectivity index (χ2n) is 2.69. The molecule has 0 N–H and O–H groups in total. The molecule has 3 nitrogen and oxygen atoms in total. The van der Waals surface area contributed by atoms with Gasteiger partial charge in [-0.2, -0.15) is 35.1 Å². The Morgan fingerprint density at radius 3 is 1.71 bits per heavy atom. The van der Waals surface area contributed by atoms with Gasteiger partial charge in [-0.25, -0.2) is 0 Å². The van der Waals surface area contributed by atoms with E-state index < -0.39 is 35.9 Å². The summed E-state index contributed by atoms with van der Waals surface area (Å²) in [5.41, 5.74) is 0. The highest BCUT2D eigenvalue weighted by Gasteiger charge is 2.73. The van der Waals surface area contributed by atoms with E-state index in [1.807, 2.05) is 0 Å². The zero-order valence-corrected chi connectivity index (χ0v) is 7.25. The van der Waals surface area contributed by atoms with Crippen LogP contribution in [-0.4, -0.2) is 24.2 Å². The number of hydrogen-bond acceptors (Lipinski definition) is 3. The van der Waals surface area contributed by atoms with Crippen molar-refractivity contribution in [3.63, 3.8) is 0 Å². The highest BCUT2D eigenvalue weighted by molar-refractivity contribution is 5.78. The molecule has 17 heavy (non-hydrogen) atoms. The summed E-state index contributed by atoms with van der Waals surface area (Å²) in [5, 5.41) is 0. The maximum Gasteiger partial charge on any atom is 0.479 e. The van der Waals surface area contributed by atoms with Crippen molar-refractivity contribution in [1.29, 1.82) is 0 Å². The first kappa shape index (κ1) is 13.5. The van der Waals surface area contributed by atoms with Crippen LogP contribution >= 0.6 is 0 Å². The monoisotopic (exact) mass is 272 g/mol. The summed E-state index contributed by atoms with van der Waals surface area (Å²) in [5.74, 6) is -7.80. The lowest BCUT2D eigenvalue weighted by Gasteiger charge is -2.24. The molecule has 1 atom stereocenters. The first-order valence-corrected chi connectivity index (χ1v) is 3.53. The van der Waals surface area contributed by atoms with Crippen LogP contribution in [0, 0.1) is 0 Å². The Labute approximate surface area is 86.6 Å². The molecule has 0 saturated heterocycles. The van der Waals surface area contributed by atoms with E-state index in [9.17, 15) is 39.9 Å². The molecule has 0 bridgehead atoms. The molecule has 1 aliphatic heterocycles. The first-order chi connectivity index (χ1) is 7.42. The van der Waals surface area contributed by atoms with Gasteiger partial charge >= 0.3 is 30.2 Å². The largest absolute Gasteiger partial charge is 0.479 e. The Hall–Kier alpha value is -1.55. The van der Waals surface area contributed by atoms with Crippen LogP contribution in [0.3, 0.4) is 0 Å². The van der Waals surface area contributed by atoms with E-state index >= 15 is 0 Å². The van der Waals surface area contributed by atoms with Gasteiger partial charge in [0, 0.05) is 0 Å². The van der Waals surface area contributed by atoms with Crippen LogP contribution in [0.15, 0.2) is 11.8 Å². The molecule has 1 aliphatic rings. The van der Waals surface area contributed by atoms with Crippen LogP contribution in [0.1, 0.15) is 0 Å². The summed E-state index contributed by atoms with van der Waals surface area (Å²) in [6.07, 6.45) is -11.7. The Balaban J connectivity index is 3.20. The van der Waals surface area contributed by atoms with Gasteiger partial charge in [0.05, 0.1) is 0 Å². The molecule has 0 aromatic heterocycles. The van der Waals surface area contributed by atoms with E-state index in [-0.39, 0.29) is 0 Å². The molecular formula is C6F8O3. The van der Waals surface area contributed by atoms with Gasteiger partial charge in [-0.1, -0.05) is 0 Å². The molecule has 0 aliphatic carbocycles. The summed E-state index contributed by atoms with van der Waals surface area (Å²) in [4.78, 5) is 10.0. The molecule has 0 saturated carbocycles. The Morgan fingerprint density at radius 1 is 1.06 bits per heavy atom. The first-order valence-electron chi connectivity index (χ1n) is 3.53. The average molecular weight is 272 g/mol. The normalized spacial score (nSPS) is 25.6. The van der Waals surface area contributed by atoms with Crippen LogP contribution in [0.5, 0.6) is 0 Å². The SMILES string of the molecule is O=C(F)C1(C(F)(F)F)OC(F)=C(C(F)(F)F)O1. The number of carbonyl (C=O) groups is 1. The van der Waals surface area contributed by atoms with E-state index in [0.29, 0.717) is 0 Å². The average Bonchev–Trinajstić information content (AvgIpc) is 2.41. The minimum Gasteiger partial charge on any atom is -0.426 e. The summed E-state index contributed by atoms with van der Waals surface area (Å²) in [6.45, 7) is 0. The quantitative estimate of drug-likeness (QED) is 0.543. The van der Waals surface area contributed by atoms with Crippen molar-refractivity contribution in [2.24, 2.45) is 0 Å². The zero-order chi connectivity index (χ0) is 13.6. The van der Waals surface area contributed by atoms with Gasteiger partial charge < -0.3 is 9.47 Å². The fourth-order valence-electron chi connectivity index (χ4n) is 0.854. The van der Waals surface area contributed by atoms with Crippen molar-refractivity contribution in [3.05, 3.63) is 11.8 Å². The zero-order valence-electron chi connectivity index (χ0n) is 7.25. The highest BCUT2D eigenvalue weighted by atomic mass is 19.4. The van der Waals surface area contributed by atoms with E-state index in [4.69, 9.17) is 0 Å². The maximum atomic E-state index is 12.5. The number of rotatable bonds is 1. The summed E-state index contributed by atoms with van der Waals surface area (Å²) in [7, 11) is 0. The van der Waals surface area contributed by atoms with Crippen molar-refractivity contribution in [2.75, 3.05) is 0 Å². The van der Waals surface area contributed by atoms with Crippen molar-refractivity contribution in [1.82, 2.24) is 0 Å². The molecule has 1 rings (SSSR count). The van der Waals surface area contributed by atoms with E-state index in [1.165, 1.54) is 0 Å². The van der Waals surface area contributed by atoms with E-state index in [2.05, 4.69) is 9.47 Å². The maximum absolute atomic E-state index is 12.5.